The first-order chi connectivity index (χ1) is 18.4. The molecule has 1 saturated carbocycles. The predicted octanol–water partition coefficient (Wildman–Crippen LogP) is 4.71. The molecule has 1 spiro atoms. The number of amides is 1. The fourth-order valence-electron chi connectivity index (χ4n) is 6.74. The van der Waals surface area contributed by atoms with Gasteiger partial charge in [0, 0.05) is 42.1 Å². The van der Waals surface area contributed by atoms with Gasteiger partial charge in [-0.1, -0.05) is 30.7 Å². The highest BCUT2D eigenvalue weighted by molar-refractivity contribution is 7.91. The lowest BCUT2D eigenvalue weighted by Crippen LogP contribution is -2.44. The second-order valence-electron chi connectivity index (χ2n) is 11.2. The van der Waals surface area contributed by atoms with Gasteiger partial charge in [0.25, 0.3) is 0 Å². The Bertz CT molecular complexity index is 1530. The van der Waals surface area contributed by atoms with Crippen LogP contribution in [0.5, 0.6) is 0 Å². The Labute approximate surface area is 223 Å². The van der Waals surface area contributed by atoms with E-state index in [2.05, 4.69) is 10.1 Å². The Kier molecular flexibility index (Phi) is 6.05. The summed E-state index contributed by atoms with van der Waals surface area (Å²) in [5.74, 6) is -2.57. The van der Waals surface area contributed by atoms with E-state index in [1.165, 1.54) is 18.2 Å². The van der Waals surface area contributed by atoms with Gasteiger partial charge in [0.05, 0.1) is 17.2 Å². The molecule has 208 valence electrons. The molecule has 6 rings (SSSR count). The molecular formula is C27H28F4N4O3S. The van der Waals surface area contributed by atoms with E-state index in [4.69, 9.17) is 0 Å². The van der Waals surface area contributed by atoms with Crippen molar-refractivity contribution in [2.75, 3.05) is 18.6 Å². The normalized spacial score (nSPS) is 22.9. The van der Waals surface area contributed by atoms with Crippen LogP contribution in [0.15, 0.2) is 36.5 Å². The molecule has 2 atom stereocenters. The highest BCUT2D eigenvalue weighted by Crippen LogP contribution is 2.58. The van der Waals surface area contributed by atoms with Gasteiger partial charge in [-0.2, -0.15) is 17.6 Å². The molecule has 2 aromatic heterocycles. The van der Waals surface area contributed by atoms with Gasteiger partial charge in [-0.15, -0.1) is 5.10 Å². The van der Waals surface area contributed by atoms with Crippen molar-refractivity contribution in [1.29, 1.82) is 0 Å². The second-order valence-corrected chi connectivity index (χ2v) is 13.5. The van der Waals surface area contributed by atoms with Gasteiger partial charge in [0.15, 0.2) is 11.7 Å². The smallest absolute Gasteiger partial charge is 0.330 e. The fraction of sp³-hybridized carbons (Fsp3) is 0.519. The molecule has 0 N–H and O–H groups in total. The van der Waals surface area contributed by atoms with Crippen LogP contribution in [0.25, 0.3) is 5.65 Å². The summed E-state index contributed by atoms with van der Waals surface area (Å²) in [5.41, 5.74) is 2.88. The average Bonchev–Trinajstić information content (AvgIpc) is 3.41. The number of halogens is 4. The number of alkyl halides is 3. The zero-order chi connectivity index (χ0) is 27.7. The highest BCUT2D eigenvalue weighted by atomic mass is 32.2. The van der Waals surface area contributed by atoms with Gasteiger partial charge >= 0.3 is 6.18 Å². The molecule has 1 aliphatic heterocycles. The van der Waals surface area contributed by atoms with Crippen molar-refractivity contribution in [1.82, 2.24) is 19.5 Å². The summed E-state index contributed by atoms with van der Waals surface area (Å²) < 4.78 is 81.8. The second kappa shape index (κ2) is 9.00. The third-order valence-electron chi connectivity index (χ3n) is 8.87. The third kappa shape index (κ3) is 4.40. The topological polar surface area (TPSA) is 84.6 Å². The molecule has 2 fully saturated rings. The Morgan fingerprint density at radius 2 is 1.82 bits per heavy atom. The van der Waals surface area contributed by atoms with Crippen molar-refractivity contribution in [3.8, 4) is 0 Å². The number of hydrogen-bond donors (Lipinski definition) is 0. The molecule has 1 saturated heterocycles. The van der Waals surface area contributed by atoms with E-state index in [1.807, 2.05) is 0 Å². The molecule has 0 bridgehead atoms. The van der Waals surface area contributed by atoms with Crippen LogP contribution in [0.1, 0.15) is 72.9 Å². The van der Waals surface area contributed by atoms with Crippen LogP contribution >= 0.6 is 0 Å². The lowest BCUT2D eigenvalue weighted by Gasteiger charge is -2.39. The van der Waals surface area contributed by atoms with E-state index in [1.54, 1.807) is 22.8 Å². The third-order valence-corrected chi connectivity index (χ3v) is 10.6. The number of nitrogens with zero attached hydrogens (tertiary/aromatic N) is 4. The van der Waals surface area contributed by atoms with Gasteiger partial charge in [0.1, 0.15) is 9.84 Å². The first-order valence-corrected chi connectivity index (χ1v) is 14.9. The molecule has 39 heavy (non-hydrogen) atoms. The number of sulfone groups is 1. The highest BCUT2D eigenvalue weighted by Gasteiger charge is 2.51. The first kappa shape index (κ1) is 26.2. The number of aromatic nitrogens is 3. The summed E-state index contributed by atoms with van der Waals surface area (Å²) in [4.78, 5) is 18.1. The molecule has 1 aromatic carbocycles. The Morgan fingerprint density at radius 3 is 2.41 bits per heavy atom. The molecule has 1 amide bonds. The average molecular weight is 565 g/mol. The number of carbonyl (C=O) groups excluding carboxylic acids is 1. The summed E-state index contributed by atoms with van der Waals surface area (Å²) >= 11 is 0. The van der Waals surface area contributed by atoms with E-state index >= 15 is 0 Å². The van der Waals surface area contributed by atoms with E-state index in [-0.39, 0.29) is 41.2 Å². The van der Waals surface area contributed by atoms with Crippen molar-refractivity contribution >= 4 is 21.4 Å². The molecule has 0 radical (unpaired) electrons. The zero-order valence-corrected chi connectivity index (χ0v) is 22.1. The maximum atomic E-state index is 14.3. The lowest BCUT2D eigenvalue weighted by atomic mass is 9.66. The van der Waals surface area contributed by atoms with Gasteiger partial charge in [-0.25, -0.2) is 17.9 Å². The van der Waals surface area contributed by atoms with E-state index < -0.39 is 39.8 Å². The summed E-state index contributed by atoms with van der Waals surface area (Å²) in [7, 11) is -2.12. The fourth-order valence-corrected chi connectivity index (χ4v) is 8.23. The van der Waals surface area contributed by atoms with Gasteiger partial charge in [-0.3, -0.25) is 4.79 Å². The monoisotopic (exact) mass is 564 g/mol. The quantitative estimate of drug-likeness (QED) is 0.429. The SMILES string of the molecule is CN(C(=O)C1CCS(=O)(=O)CC1)[C@H](c1ccc([C@H]2CC3(CCC3)c3c2cnc2cc(F)nn32)cc1)C(F)(F)F. The number of benzene rings is 1. The van der Waals surface area contributed by atoms with Crippen molar-refractivity contribution in [3.63, 3.8) is 0 Å². The molecule has 0 unspecified atom stereocenters. The van der Waals surface area contributed by atoms with E-state index in [0.29, 0.717) is 10.5 Å². The zero-order valence-electron chi connectivity index (χ0n) is 21.3. The maximum Gasteiger partial charge on any atom is 0.413 e. The van der Waals surface area contributed by atoms with Crippen molar-refractivity contribution in [2.45, 2.75) is 62.1 Å². The van der Waals surface area contributed by atoms with E-state index in [0.717, 1.165) is 49.6 Å². The molecule has 2 aliphatic carbocycles. The Hall–Kier alpha value is -3.02. The minimum absolute atomic E-state index is 0.0271. The Balaban J connectivity index is 1.29. The van der Waals surface area contributed by atoms with E-state index in [9.17, 15) is 30.8 Å². The van der Waals surface area contributed by atoms with Crippen LogP contribution in [-0.2, 0) is 20.0 Å². The standard InChI is InChI=1S/C27H28F4N4O3S/c1-34(25(36)18-7-11-39(37,38)12-8-18)23(27(29,30)31)17-5-3-16(4-6-17)19-14-26(9-2-10-26)24-20(19)15-32-22-13-21(28)33-35(22)24/h3-6,13,15,18-19,23H,2,7-12,14H2,1H3/t19-,23-/m1/s1. The van der Waals surface area contributed by atoms with Crippen molar-refractivity contribution in [3.05, 3.63) is 64.9 Å². The predicted molar refractivity (Wildman–Crippen MR) is 134 cm³/mol. The van der Waals surface area contributed by atoms with Crippen LogP contribution < -0.4 is 0 Å². The molecule has 3 aliphatic rings. The van der Waals surface area contributed by atoms with Crippen LogP contribution in [0.3, 0.4) is 0 Å². The van der Waals surface area contributed by atoms with Gasteiger partial charge < -0.3 is 4.90 Å². The van der Waals surface area contributed by atoms with Gasteiger partial charge in [-0.05, 0) is 43.2 Å². The molecule has 3 aromatic rings. The van der Waals surface area contributed by atoms with Crippen LogP contribution in [-0.4, -0.2) is 58.6 Å². The minimum Gasteiger partial charge on any atom is -0.330 e. The summed E-state index contributed by atoms with van der Waals surface area (Å²) in [6, 6.07) is 5.29. The van der Waals surface area contributed by atoms with Gasteiger partial charge in [0.2, 0.25) is 11.9 Å². The molecule has 3 heterocycles. The van der Waals surface area contributed by atoms with Crippen LogP contribution in [0.2, 0.25) is 0 Å². The van der Waals surface area contributed by atoms with Crippen LogP contribution in [0.4, 0.5) is 17.6 Å². The number of rotatable bonds is 4. The number of hydrogen-bond acceptors (Lipinski definition) is 5. The Morgan fingerprint density at radius 1 is 1.15 bits per heavy atom. The number of carbonyl (C=O) groups is 1. The number of fused-ring (bicyclic) bond motifs is 4. The minimum atomic E-state index is -4.72. The summed E-state index contributed by atoms with van der Waals surface area (Å²) in [5, 5.41) is 4.03. The largest absolute Gasteiger partial charge is 0.413 e. The van der Waals surface area contributed by atoms with Crippen molar-refractivity contribution < 1.29 is 30.8 Å². The van der Waals surface area contributed by atoms with Crippen molar-refractivity contribution in [2.24, 2.45) is 5.92 Å². The molecule has 7 nitrogen and oxygen atoms in total. The van der Waals surface area contributed by atoms with Crippen LogP contribution in [0, 0.1) is 11.9 Å². The summed E-state index contributed by atoms with van der Waals surface area (Å²) in [6.45, 7) is 0. The first-order valence-electron chi connectivity index (χ1n) is 13.1. The molecule has 12 heteroatoms. The summed E-state index contributed by atoms with van der Waals surface area (Å²) in [6.07, 6.45) is 0.712. The lowest BCUT2D eigenvalue weighted by molar-refractivity contribution is -0.190. The maximum absolute atomic E-state index is 14.3. The molecular weight excluding hydrogens is 536 g/mol.